The fourth-order valence-electron chi connectivity index (χ4n) is 0. The van der Waals surface area contributed by atoms with Crippen LogP contribution in [0.5, 0.6) is 0 Å². The summed E-state index contributed by atoms with van der Waals surface area (Å²) in [6.45, 7) is 29.0. The maximum absolute atomic E-state index is 5.75. The van der Waals surface area contributed by atoms with E-state index in [-0.39, 0.29) is 66.3 Å². The molecule has 0 N–H and O–H groups in total. The van der Waals surface area contributed by atoms with Crippen LogP contribution in [0.3, 0.4) is 0 Å². The van der Waals surface area contributed by atoms with Crippen molar-refractivity contribution in [2.45, 2.75) is 62.8 Å². The molecular weight excluding hydrogens is 275 g/mol. The van der Waals surface area contributed by atoms with E-state index in [9.17, 15) is 0 Å². The van der Waals surface area contributed by atoms with E-state index >= 15 is 0 Å². The minimum Gasteiger partial charge on any atom is -0.813 e. The van der Waals surface area contributed by atoms with Crippen LogP contribution in [-0.2, 0) is 13.5 Å². The first-order valence-corrected chi connectivity index (χ1v) is 5.94. The van der Waals surface area contributed by atoms with E-state index < -0.39 is 0 Å². The molecule has 19 heavy (non-hydrogen) atoms. The summed E-state index contributed by atoms with van der Waals surface area (Å²) in [6, 6.07) is 0. The molecule has 2 heteroatoms. The molecule has 0 bridgehead atoms. The SMILES string of the molecule is C=CC.C=CC.C=CC.C=CC.CC.CC.[2HH].[3H]C.[K+].[SH-]. The van der Waals surface area contributed by atoms with Gasteiger partial charge in [0, 0.05) is 2.80 Å². The molecule has 0 amide bonds. The van der Waals surface area contributed by atoms with Gasteiger partial charge in [-0.2, -0.15) is 0 Å². The molecule has 0 nitrogen and oxygen atoms in total. The van der Waals surface area contributed by atoms with Crippen LogP contribution < -0.4 is 51.4 Å². The third-order valence-corrected chi connectivity index (χ3v) is 0. The summed E-state index contributed by atoms with van der Waals surface area (Å²) in [4.78, 5) is 0. The van der Waals surface area contributed by atoms with Crippen LogP contribution >= 0.6 is 0 Å². The Bertz CT molecular complexity index is 74.8. The molecule has 0 aliphatic rings. The van der Waals surface area contributed by atoms with Gasteiger partial charge >= 0.3 is 51.4 Å². The minimum atomic E-state index is 0. The number of thiol groups is 1. The van der Waals surface area contributed by atoms with Crippen molar-refractivity contribution in [3.8, 4) is 0 Å². The Balaban J connectivity index is -0.00000000828. The first-order valence-electron chi connectivity index (χ1n) is 6.94. The van der Waals surface area contributed by atoms with Crippen molar-refractivity contribution >= 4 is 13.5 Å². The third kappa shape index (κ3) is 6080. The van der Waals surface area contributed by atoms with Gasteiger partial charge in [-0.3, -0.25) is 0 Å². The molecule has 118 valence electrons. The molecule has 0 aliphatic carbocycles. The van der Waals surface area contributed by atoms with E-state index in [0.29, 0.717) is 0 Å². The first-order chi connectivity index (χ1) is 8.66. The second-order valence-corrected chi connectivity index (χ2v) is 1.63. The van der Waals surface area contributed by atoms with Gasteiger partial charge in [-0.05, 0) is 27.7 Å². The number of hydrogen-bond acceptors (Lipinski definition) is 1. The summed E-state index contributed by atoms with van der Waals surface area (Å²) in [5.41, 5.74) is 0. The summed E-state index contributed by atoms with van der Waals surface area (Å²) in [5.74, 6) is 0. The van der Waals surface area contributed by atoms with Crippen molar-refractivity contribution in [2.75, 3.05) is 0 Å². The summed E-state index contributed by atoms with van der Waals surface area (Å²) >= 11 is 0. The van der Waals surface area contributed by atoms with Crippen molar-refractivity contribution in [2.24, 2.45) is 0 Å². The molecule has 0 radical (unpaired) electrons. The van der Waals surface area contributed by atoms with Crippen LogP contribution in [0.4, 0.5) is 0 Å². The van der Waals surface area contributed by atoms with Gasteiger partial charge in [-0.1, -0.05) is 59.4 Å². The Labute approximate surface area is 179 Å². The van der Waals surface area contributed by atoms with Gasteiger partial charge in [0.1, 0.15) is 0 Å². The Hall–Kier alpha value is 0.946. The van der Waals surface area contributed by atoms with Gasteiger partial charge in [-0.25, -0.2) is 0 Å². The van der Waals surface area contributed by atoms with Crippen LogP contribution in [0.15, 0.2) is 50.6 Å². The molecule has 0 spiro atoms. The number of allylic oxidation sites excluding steroid dienone is 4. The van der Waals surface area contributed by atoms with E-state index in [1.807, 2.05) is 55.4 Å². The second kappa shape index (κ2) is 249. The zero-order chi connectivity index (χ0) is 16.8. The van der Waals surface area contributed by atoms with E-state index in [2.05, 4.69) is 26.3 Å². The van der Waals surface area contributed by atoms with E-state index in [4.69, 9.17) is 1.37 Å². The van der Waals surface area contributed by atoms with Crippen LogP contribution in [0.25, 0.3) is 0 Å². The summed E-state index contributed by atoms with van der Waals surface area (Å²) in [5, 5.41) is 0. The van der Waals surface area contributed by atoms with Gasteiger partial charge in [-0.15, -0.1) is 26.3 Å². The molecular formula is C17H43KS. The quantitative estimate of drug-likeness (QED) is 0.275. The van der Waals surface area contributed by atoms with E-state index in [1.165, 1.54) is 7.40 Å². The largest absolute Gasteiger partial charge is 1.00 e. The molecule has 0 rings (SSSR count). The maximum Gasteiger partial charge on any atom is 1.00 e. The molecule has 0 aromatic carbocycles. The molecule has 0 aromatic rings. The monoisotopic (exact) mass is 321 g/mol. The van der Waals surface area contributed by atoms with Crippen molar-refractivity contribution in [3.63, 3.8) is 0 Å². The van der Waals surface area contributed by atoms with Gasteiger partial charge in [0.2, 0.25) is 0 Å². The predicted octanol–water partition coefficient (Wildman–Crippen LogP) is 4.44. The zero-order valence-electron chi connectivity index (χ0n) is 16.6. The molecule has 0 heterocycles. The zero-order valence-corrected chi connectivity index (χ0v) is 19.6. The average Bonchev–Trinajstić information content (AvgIpc) is 2.40. The normalized spacial score (nSPS) is 3.74. The summed E-state index contributed by atoms with van der Waals surface area (Å²) in [6.07, 6.45) is 7.00. The Morgan fingerprint density at radius 3 is 0.684 bits per heavy atom. The van der Waals surface area contributed by atoms with Gasteiger partial charge in [0.25, 0.3) is 0 Å². The molecule has 0 aliphatic heterocycles. The minimum absolute atomic E-state index is 0. The molecule has 0 saturated heterocycles. The van der Waals surface area contributed by atoms with Crippen molar-refractivity contribution < 1.29 is 54.2 Å². The molecule has 0 fully saturated rings. The van der Waals surface area contributed by atoms with Crippen molar-refractivity contribution in [1.82, 2.24) is 0 Å². The fourth-order valence-corrected chi connectivity index (χ4v) is 0. The number of hydrogen-bond donors (Lipinski definition) is 0. The standard InChI is InChI=1S/4C3H6.2C2H6.CH4.K.H2S.H2/c4*1-3-2;2*1-2;;;;/h4*3H,1H2,2H3;2*1-2H3;1H4;;1H2;1H/q;;;;;;;+1;;/p-1/i;;;;;;1T;;;1+1. The van der Waals surface area contributed by atoms with Crippen LogP contribution in [0.2, 0.25) is 0 Å². The summed E-state index contributed by atoms with van der Waals surface area (Å²) in [7, 11) is 1.25. The molecule has 0 saturated carbocycles. The van der Waals surface area contributed by atoms with Crippen LogP contribution in [0, 0.1) is 0 Å². The molecule has 0 aromatic heterocycles. The van der Waals surface area contributed by atoms with Crippen LogP contribution in [0.1, 0.15) is 65.6 Å². The third-order valence-electron chi connectivity index (χ3n) is 0. The smallest absolute Gasteiger partial charge is 0.813 e. The predicted molar refractivity (Wildman–Crippen MR) is 104 cm³/mol. The number of rotatable bonds is 0. The van der Waals surface area contributed by atoms with Crippen molar-refractivity contribution in [3.05, 3.63) is 50.6 Å². The Morgan fingerprint density at radius 1 is 0.684 bits per heavy atom. The van der Waals surface area contributed by atoms with E-state index in [0.717, 1.165) is 0 Å². The maximum atomic E-state index is 5.75. The fraction of sp³-hybridized carbons (Fsp3) is 0.529. The van der Waals surface area contributed by atoms with Crippen molar-refractivity contribution in [1.29, 1.82) is 0 Å². The second-order valence-electron chi connectivity index (χ2n) is 1.63. The van der Waals surface area contributed by atoms with Gasteiger partial charge < -0.3 is 13.5 Å². The van der Waals surface area contributed by atoms with Gasteiger partial charge in [0.05, 0.1) is 0 Å². The van der Waals surface area contributed by atoms with Crippen LogP contribution in [-0.4, -0.2) is 0 Å². The Kier molecular flexibility index (Phi) is 659. The topological polar surface area (TPSA) is 0 Å². The average molecular weight is 322 g/mol. The van der Waals surface area contributed by atoms with Gasteiger partial charge in [0.15, 0.2) is 0 Å². The molecule has 0 unspecified atom stereocenters. The Morgan fingerprint density at radius 2 is 0.684 bits per heavy atom. The molecule has 0 atom stereocenters. The van der Waals surface area contributed by atoms with E-state index in [1.54, 1.807) is 24.3 Å². The first kappa shape index (κ1) is 50.2. The summed E-state index contributed by atoms with van der Waals surface area (Å²) < 4.78 is 5.75.